The van der Waals surface area contributed by atoms with Crippen LogP contribution >= 0.6 is 12.4 Å². The molecule has 2 heterocycles. The average molecular weight is 472 g/mol. The molecule has 0 bridgehead atoms. The standard InChI is InChI=1S/C23H25N5O3.CH4.ClH/c1-24-14-23(29,17-7-18(30-3)10-19(8-17)31-4)16-5-6-20-21(9-16)27-22(12-25-20)15-11-26-28(2)13-15;;/h5-13,24,29H,14H2,1-4H3;1H4;1H/t23-;;/m0../s1. The number of methoxy groups -OCH3 is 2. The molecular formula is C24H30ClN5O3. The number of aliphatic hydroxyl groups is 1. The third-order valence-corrected chi connectivity index (χ3v) is 5.28. The minimum Gasteiger partial charge on any atom is -0.497 e. The van der Waals surface area contributed by atoms with Crippen LogP contribution in [-0.4, -0.2) is 52.7 Å². The second-order valence-corrected chi connectivity index (χ2v) is 7.35. The summed E-state index contributed by atoms with van der Waals surface area (Å²) in [5.74, 6) is 1.20. The summed E-state index contributed by atoms with van der Waals surface area (Å²) in [6.07, 6.45) is 5.37. The maximum atomic E-state index is 11.8. The van der Waals surface area contributed by atoms with Crippen molar-refractivity contribution in [3.8, 4) is 22.8 Å². The van der Waals surface area contributed by atoms with Crippen molar-refractivity contribution in [1.82, 2.24) is 25.1 Å². The smallest absolute Gasteiger partial charge is 0.127 e. The van der Waals surface area contributed by atoms with E-state index in [-0.39, 0.29) is 26.4 Å². The van der Waals surface area contributed by atoms with Crippen LogP contribution in [0.2, 0.25) is 0 Å². The molecule has 0 aliphatic heterocycles. The second-order valence-electron chi connectivity index (χ2n) is 7.35. The molecule has 4 aromatic rings. The normalized spacial score (nSPS) is 12.4. The van der Waals surface area contributed by atoms with Gasteiger partial charge in [0.2, 0.25) is 0 Å². The number of halogens is 1. The molecule has 8 nitrogen and oxygen atoms in total. The molecule has 2 N–H and O–H groups in total. The van der Waals surface area contributed by atoms with E-state index in [9.17, 15) is 5.11 Å². The molecule has 0 saturated carbocycles. The predicted octanol–water partition coefficient (Wildman–Crippen LogP) is 3.56. The zero-order valence-electron chi connectivity index (χ0n) is 18.4. The van der Waals surface area contributed by atoms with Crippen molar-refractivity contribution >= 4 is 23.4 Å². The maximum absolute atomic E-state index is 11.8. The Morgan fingerprint density at radius 1 is 1.00 bits per heavy atom. The summed E-state index contributed by atoms with van der Waals surface area (Å²) in [7, 11) is 6.82. The van der Waals surface area contributed by atoms with E-state index < -0.39 is 5.60 Å². The quantitative estimate of drug-likeness (QED) is 0.425. The van der Waals surface area contributed by atoms with Gasteiger partial charge in [0.15, 0.2) is 0 Å². The van der Waals surface area contributed by atoms with Crippen molar-refractivity contribution in [1.29, 1.82) is 0 Å². The zero-order chi connectivity index (χ0) is 22.0. The molecule has 0 saturated heterocycles. The van der Waals surface area contributed by atoms with Crippen molar-refractivity contribution in [2.75, 3.05) is 27.8 Å². The summed E-state index contributed by atoms with van der Waals surface area (Å²) in [6, 6.07) is 11.0. The first-order valence-corrected chi connectivity index (χ1v) is 9.83. The van der Waals surface area contributed by atoms with Gasteiger partial charge in [-0.2, -0.15) is 5.10 Å². The second kappa shape index (κ2) is 10.6. The Labute approximate surface area is 200 Å². The van der Waals surface area contributed by atoms with Crippen LogP contribution in [0.5, 0.6) is 11.5 Å². The van der Waals surface area contributed by atoms with Crippen LogP contribution in [0.3, 0.4) is 0 Å². The number of nitrogens with zero attached hydrogens (tertiary/aromatic N) is 4. The summed E-state index contributed by atoms with van der Waals surface area (Å²) in [6.45, 7) is 0.282. The Hall–Kier alpha value is -3.20. The van der Waals surface area contributed by atoms with Gasteiger partial charge in [0, 0.05) is 31.4 Å². The SMILES string of the molecule is C.CNC[C@@](O)(c1cc(OC)cc(OC)c1)c1ccc2ncc(-c3cnn(C)c3)nc2c1.Cl. The summed E-state index contributed by atoms with van der Waals surface area (Å²) < 4.78 is 12.5. The first kappa shape index (κ1) is 26.1. The molecule has 33 heavy (non-hydrogen) atoms. The van der Waals surface area contributed by atoms with Crippen molar-refractivity contribution in [3.05, 3.63) is 66.1 Å². The van der Waals surface area contributed by atoms with E-state index in [1.807, 2.05) is 43.6 Å². The van der Waals surface area contributed by atoms with Crippen LogP contribution in [0, 0.1) is 0 Å². The van der Waals surface area contributed by atoms with E-state index in [4.69, 9.17) is 14.5 Å². The summed E-state index contributed by atoms with van der Waals surface area (Å²) in [5.41, 5.74) is 3.02. The molecule has 2 aromatic heterocycles. The number of rotatable bonds is 7. The summed E-state index contributed by atoms with van der Waals surface area (Å²) >= 11 is 0. The van der Waals surface area contributed by atoms with Gasteiger partial charge in [0.05, 0.1) is 43.3 Å². The van der Waals surface area contributed by atoms with E-state index in [0.29, 0.717) is 28.1 Å². The number of fused-ring (bicyclic) bond motifs is 1. The molecule has 0 aliphatic rings. The number of nitrogens with one attached hydrogen (secondary N) is 1. The van der Waals surface area contributed by atoms with Crippen LogP contribution < -0.4 is 14.8 Å². The first-order chi connectivity index (χ1) is 15.0. The van der Waals surface area contributed by atoms with Gasteiger partial charge < -0.3 is 19.9 Å². The molecule has 0 unspecified atom stereocenters. The number of aryl methyl sites for hydroxylation is 1. The van der Waals surface area contributed by atoms with Gasteiger partial charge in [-0.15, -0.1) is 12.4 Å². The maximum Gasteiger partial charge on any atom is 0.127 e. The number of aromatic nitrogens is 4. The van der Waals surface area contributed by atoms with E-state index in [2.05, 4.69) is 15.4 Å². The number of ether oxygens (including phenoxy) is 2. The summed E-state index contributed by atoms with van der Waals surface area (Å²) in [4.78, 5) is 9.28. The van der Waals surface area contributed by atoms with Gasteiger partial charge in [-0.3, -0.25) is 9.67 Å². The minimum atomic E-state index is -1.34. The highest BCUT2D eigenvalue weighted by Gasteiger charge is 2.32. The predicted molar refractivity (Wildman–Crippen MR) is 132 cm³/mol. The summed E-state index contributed by atoms with van der Waals surface area (Å²) in [5, 5.41) is 19.1. The largest absolute Gasteiger partial charge is 0.497 e. The van der Waals surface area contributed by atoms with Crippen LogP contribution in [-0.2, 0) is 12.6 Å². The average Bonchev–Trinajstić information content (AvgIpc) is 3.24. The highest BCUT2D eigenvalue weighted by atomic mass is 35.5. The fourth-order valence-corrected chi connectivity index (χ4v) is 3.63. The monoisotopic (exact) mass is 471 g/mol. The zero-order valence-corrected chi connectivity index (χ0v) is 19.2. The lowest BCUT2D eigenvalue weighted by atomic mass is 9.85. The topological polar surface area (TPSA) is 94.3 Å². The van der Waals surface area contributed by atoms with Gasteiger partial charge in [-0.05, 0) is 42.4 Å². The van der Waals surface area contributed by atoms with Gasteiger partial charge >= 0.3 is 0 Å². The Morgan fingerprint density at radius 3 is 2.27 bits per heavy atom. The van der Waals surface area contributed by atoms with E-state index in [0.717, 1.165) is 16.8 Å². The van der Waals surface area contributed by atoms with Crippen molar-refractivity contribution in [2.45, 2.75) is 13.0 Å². The number of hydrogen-bond acceptors (Lipinski definition) is 7. The van der Waals surface area contributed by atoms with Crippen molar-refractivity contribution in [3.63, 3.8) is 0 Å². The van der Waals surface area contributed by atoms with E-state index in [1.54, 1.807) is 44.4 Å². The van der Waals surface area contributed by atoms with Crippen LogP contribution in [0.15, 0.2) is 55.0 Å². The molecule has 9 heteroatoms. The molecule has 4 rings (SSSR count). The third-order valence-electron chi connectivity index (χ3n) is 5.28. The minimum absolute atomic E-state index is 0. The lowest BCUT2D eigenvalue weighted by Gasteiger charge is -2.30. The Morgan fingerprint density at radius 2 is 1.70 bits per heavy atom. The molecule has 2 aromatic carbocycles. The van der Waals surface area contributed by atoms with Crippen LogP contribution in [0.4, 0.5) is 0 Å². The van der Waals surface area contributed by atoms with Gasteiger partial charge in [-0.1, -0.05) is 13.5 Å². The lowest BCUT2D eigenvalue weighted by molar-refractivity contribution is 0.0819. The molecule has 0 aliphatic carbocycles. The van der Waals surface area contributed by atoms with Crippen LogP contribution in [0.1, 0.15) is 18.6 Å². The highest BCUT2D eigenvalue weighted by Crippen LogP contribution is 2.35. The van der Waals surface area contributed by atoms with E-state index in [1.165, 1.54) is 0 Å². The third kappa shape index (κ3) is 5.08. The van der Waals surface area contributed by atoms with Crippen molar-refractivity contribution in [2.24, 2.45) is 7.05 Å². The molecule has 176 valence electrons. The number of likely N-dealkylation sites (N-methyl/N-ethyl adjacent to an activating group) is 1. The Balaban J connectivity index is 0.00000193. The number of hydrogen-bond donors (Lipinski definition) is 2. The van der Waals surface area contributed by atoms with E-state index >= 15 is 0 Å². The van der Waals surface area contributed by atoms with Gasteiger partial charge in [0.1, 0.15) is 17.1 Å². The molecule has 1 atom stereocenters. The fraction of sp³-hybridized carbons (Fsp3) is 0.292. The Bertz CT molecular complexity index is 1210. The van der Waals surface area contributed by atoms with Crippen molar-refractivity contribution < 1.29 is 14.6 Å². The molecular weight excluding hydrogens is 442 g/mol. The fourth-order valence-electron chi connectivity index (χ4n) is 3.63. The van der Waals surface area contributed by atoms with Gasteiger partial charge in [0.25, 0.3) is 0 Å². The first-order valence-electron chi connectivity index (χ1n) is 9.83. The number of benzene rings is 2. The highest BCUT2D eigenvalue weighted by molar-refractivity contribution is 5.85. The molecule has 0 fully saturated rings. The molecule has 0 spiro atoms. The molecule has 0 amide bonds. The Kier molecular flexibility index (Phi) is 8.38. The lowest BCUT2D eigenvalue weighted by Crippen LogP contribution is -2.37. The molecule has 0 radical (unpaired) electrons. The van der Waals surface area contributed by atoms with Crippen LogP contribution in [0.25, 0.3) is 22.3 Å². The van der Waals surface area contributed by atoms with Gasteiger partial charge in [-0.25, -0.2) is 4.98 Å².